The van der Waals surface area contributed by atoms with E-state index in [4.69, 9.17) is 10.00 Å². The maximum Gasteiger partial charge on any atom is 0.573 e. The summed E-state index contributed by atoms with van der Waals surface area (Å²) >= 11 is 0. The second-order valence-electron chi connectivity index (χ2n) is 3.59. The summed E-state index contributed by atoms with van der Waals surface area (Å²) in [5.74, 6) is -0.532. The molecule has 0 amide bonds. The molecule has 0 radical (unpaired) electrons. The number of para-hydroxylation sites is 2. The molecule has 4 nitrogen and oxygen atoms in total. The minimum atomic E-state index is -4.81. The first-order chi connectivity index (χ1) is 9.48. The summed E-state index contributed by atoms with van der Waals surface area (Å²) in [5.41, 5.74) is 0.317. The molecule has 0 aliphatic carbocycles. The number of hydrogen-bond acceptors (Lipinski definition) is 4. The molecule has 7 heteroatoms. The summed E-state index contributed by atoms with van der Waals surface area (Å²) in [7, 11) is 0. The molecular formula is C13H7F3N2O2. The average molecular weight is 280 g/mol. The van der Waals surface area contributed by atoms with Crippen LogP contribution in [-0.4, -0.2) is 11.3 Å². The van der Waals surface area contributed by atoms with Gasteiger partial charge in [0.1, 0.15) is 6.07 Å². The predicted octanol–water partition coefficient (Wildman–Crippen LogP) is 3.64. The lowest BCUT2D eigenvalue weighted by Gasteiger charge is -2.13. The van der Waals surface area contributed by atoms with E-state index in [0.717, 1.165) is 6.07 Å². The van der Waals surface area contributed by atoms with Gasteiger partial charge in [0.25, 0.3) is 0 Å². The van der Waals surface area contributed by atoms with Gasteiger partial charge in [-0.1, -0.05) is 12.1 Å². The maximum atomic E-state index is 12.2. The van der Waals surface area contributed by atoms with Crippen molar-refractivity contribution in [2.24, 2.45) is 0 Å². The molecule has 1 aromatic carbocycles. The van der Waals surface area contributed by atoms with Gasteiger partial charge in [-0.05, 0) is 18.2 Å². The lowest BCUT2D eigenvalue weighted by Crippen LogP contribution is -2.17. The predicted molar refractivity (Wildman–Crippen MR) is 62.2 cm³/mol. The largest absolute Gasteiger partial charge is 0.573 e. The van der Waals surface area contributed by atoms with Gasteiger partial charge in [0.05, 0.1) is 5.56 Å². The second-order valence-corrected chi connectivity index (χ2v) is 3.59. The lowest BCUT2D eigenvalue weighted by atomic mass is 10.3. The molecule has 0 fully saturated rings. The van der Waals surface area contributed by atoms with Gasteiger partial charge in [0, 0.05) is 12.3 Å². The highest BCUT2D eigenvalue weighted by molar-refractivity contribution is 5.42. The first kappa shape index (κ1) is 13.7. The van der Waals surface area contributed by atoms with Gasteiger partial charge in [-0.3, -0.25) is 0 Å². The first-order valence-electron chi connectivity index (χ1n) is 5.37. The van der Waals surface area contributed by atoms with Crippen molar-refractivity contribution in [3.8, 4) is 23.4 Å². The van der Waals surface area contributed by atoms with E-state index in [0.29, 0.717) is 5.56 Å². The van der Waals surface area contributed by atoms with Crippen molar-refractivity contribution < 1.29 is 22.6 Å². The van der Waals surface area contributed by atoms with E-state index in [1.54, 1.807) is 0 Å². The number of pyridine rings is 1. The number of aromatic nitrogens is 1. The molecular weight excluding hydrogens is 273 g/mol. The summed E-state index contributed by atoms with van der Waals surface area (Å²) in [6.07, 6.45) is -3.56. The Morgan fingerprint density at radius 3 is 2.30 bits per heavy atom. The maximum absolute atomic E-state index is 12.2. The summed E-state index contributed by atoms with van der Waals surface area (Å²) in [6.45, 7) is 0. The highest BCUT2D eigenvalue weighted by Gasteiger charge is 2.32. The first-order valence-corrected chi connectivity index (χ1v) is 5.37. The molecule has 2 aromatic rings. The smallest absolute Gasteiger partial charge is 0.435 e. The van der Waals surface area contributed by atoms with Crippen LogP contribution in [0.4, 0.5) is 13.2 Å². The molecule has 0 atom stereocenters. The highest BCUT2D eigenvalue weighted by Crippen LogP contribution is 2.34. The zero-order valence-electron chi connectivity index (χ0n) is 9.89. The molecule has 2 rings (SSSR count). The molecule has 0 spiro atoms. The van der Waals surface area contributed by atoms with Gasteiger partial charge in [-0.25, -0.2) is 4.98 Å². The fraction of sp³-hybridized carbons (Fsp3) is 0.0769. The van der Waals surface area contributed by atoms with Crippen LogP contribution in [0, 0.1) is 11.3 Å². The lowest BCUT2D eigenvalue weighted by molar-refractivity contribution is -0.275. The number of ether oxygens (including phenoxy) is 2. The second kappa shape index (κ2) is 5.48. The van der Waals surface area contributed by atoms with E-state index in [2.05, 4.69) is 9.72 Å². The highest BCUT2D eigenvalue weighted by atomic mass is 19.4. The van der Waals surface area contributed by atoms with Gasteiger partial charge in [-0.15, -0.1) is 13.2 Å². The van der Waals surface area contributed by atoms with Crippen LogP contribution in [0.15, 0.2) is 42.6 Å². The Bertz CT molecular complexity index is 633. The number of rotatable bonds is 3. The van der Waals surface area contributed by atoms with E-state index in [9.17, 15) is 13.2 Å². The number of nitrogens with zero attached hydrogens (tertiary/aromatic N) is 2. The number of alkyl halides is 3. The Kier molecular flexibility index (Phi) is 3.75. The number of benzene rings is 1. The van der Waals surface area contributed by atoms with E-state index in [-0.39, 0.29) is 11.6 Å². The van der Waals surface area contributed by atoms with Crippen molar-refractivity contribution in [2.45, 2.75) is 6.36 Å². The Morgan fingerprint density at radius 1 is 1.05 bits per heavy atom. The van der Waals surface area contributed by atoms with E-state index < -0.39 is 12.1 Å². The van der Waals surface area contributed by atoms with Gasteiger partial charge >= 0.3 is 6.36 Å². The molecule has 102 valence electrons. The van der Waals surface area contributed by atoms with Crippen molar-refractivity contribution in [3.05, 3.63) is 48.2 Å². The van der Waals surface area contributed by atoms with E-state index in [1.807, 2.05) is 6.07 Å². The summed E-state index contributed by atoms with van der Waals surface area (Å²) in [6, 6.07) is 10.0. The van der Waals surface area contributed by atoms with Gasteiger partial charge in [-0.2, -0.15) is 5.26 Å². The summed E-state index contributed by atoms with van der Waals surface area (Å²) in [4.78, 5) is 3.80. The van der Waals surface area contributed by atoms with Crippen LogP contribution < -0.4 is 9.47 Å². The van der Waals surface area contributed by atoms with Crippen LogP contribution in [-0.2, 0) is 0 Å². The molecule has 0 N–H and O–H groups in total. The van der Waals surface area contributed by atoms with Gasteiger partial charge in [0.2, 0.25) is 5.88 Å². The van der Waals surface area contributed by atoms with Crippen molar-refractivity contribution in [3.63, 3.8) is 0 Å². The Labute approximate surface area is 112 Å². The summed E-state index contributed by atoms with van der Waals surface area (Å²) in [5, 5.41) is 8.61. The number of nitriles is 1. The Hall–Kier alpha value is -2.75. The average Bonchev–Trinajstić information content (AvgIpc) is 2.40. The van der Waals surface area contributed by atoms with Crippen LogP contribution in [0.1, 0.15) is 5.56 Å². The molecule has 0 aliphatic rings. The van der Waals surface area contributed by atoms with E-state index in [1.165, 1.54) is 36.5 Å². The number of halogens is 3. The topological polar surface area (TPSA) is 55.1 Å². The van der Waals surface area contributed by atoms with E-state index >= 15 is 0 Å². The summed E-state index contributed by atoms with van der Waals surface area (Å²) < 4.78 is 45.7. The van der Waals surface area contributed by atoms with Crippen LogP contribution in [0.2, 0.25) is 0 Å². The Balaban J connectivity index is 2.22. The molecule has 1 aromatic heterocycles. The standard InChI is InChI=1S/C13H7F3N2O2/c14-13(15,16)20-11-4-2-1-3-10(11)19-12-6-5-9(7-17)8-18-12/h1-6,8H. The minimum absolute atomic E-state index is 0.0576. The van der Waals surface area contributed by atoms with Crippen molar-refractivity contribution in [1.82, 2.24) is 4.98 Å². The SMILES string of the molecule is N#Cc1ccc(Oc2ccccc2OC(F)(F)F)nc1. The molecule has 0 unspecified atom stereocenters. The van der Waals surface area contributed by atoms with Crippen LogP contribution in [0.5, 0.6) is 17.4 Å². The van der Waals surface area contributed by atoms with Crippen molar-refractivity contribution >= 4 is 0 Å². The molecule has 20 heavy (non-hydrogen) atoms. The fourth-order valence-electron chi connectivity index (χ4n) is 1.36. The van der Waals surface area contributed by atoms with Crippen LogP contribution in [0.3, 0.4) is 0 Å². The van der Waals surface area contributed by atoms with Crippen LogP contribution in [0.25, 0.3) is 0 Å². The van der Waals surface area contributed by atoms with Gasteiger partial charge < -0.3 is 9.47 Å². The molecule has 0 bridgehead atoms. The normalized spacial score (nSPS) is 10.7. The van der Waals surface area contributed by atoms with Crippen molar-refractivity contribution in [2.75, 3.05) is 0 Å². The zero-order valence-corrected chi connectivity index (χ0v) is 9.89. The fourth-order valence-corrected chi connectivity index (χ4v) is 1.36. The quantitative estimate of drug-likeness (QED) is 0.861. The molecule has 0 aliphatic heterocycles. The molecule has 0 saturated carbocycles. The van der Waals surface area contributed by atoms with Crippen LogP contribution >= 0.6 is 0 Å². The minimum Gasteiger partial charge on any atom is -0.435 e. The van der Waals surface area contributed by atoms with Gasteiger partial charge in [0.15, 0.2) is 11.5 Å². The third-order valence-corrected chi connectivity index (χ3v) is 2.15. The monoisotopic (exact) mass is 280 g/mol. The number of hydrogen-bond donors (Lipinski definition) is 0. The zero-order chi connectivity index (χ0) is 14.6. The third kappa shape index (κ3) is 3.62. The molecule has 1 heterocycles. The van der Waals surface area contributed by atoms with Crippen molar-refractivity contribution in [1.29, 1.82) is 5.26 Å². The molecule has 0 saturated heterocycles. The Morgan fingerprint density at radius 2 is 1.75 bits per heavy atom. The third-order valence-electron chi connectivity index (χ3n) is 2.15.